The van der Waals surface area contributed by atoms with Crippen molar-refractivity contribution in [3.05, 3.63) is 58.6 Å². The number of ketones is 1. The van der Waals surface area contributed by atoms with Crippen molar-refractivity contribution < 1.29 is 14.3 Å². The lowest BCUT2D eigenvalue weighted by Crippen LogP contribution is -2.48. The van der Waals surface area contributed by atoms with E-state index < -0.39 is 0 Å². The molecule has 1 heterocycles. The number of ether oxygens (including phenoxy) is 1. The maximum Gasteiger partial charge on any atom is 0.222 e. The molecule has 0 radical (unpaired) electrons. The van der Waals surface area contributed by atoms with E-state index in [4.69, 9.17) is 4.74 Å². The zero-order valence-corrected chi connectivity index (χ0v) is 17.7. The molecule has 1 aliphatic heterocycles. The maximum atomic E-state index is 12.4. The first-order valence-electron chi connectivity index (χ1n) is 9.55. The van der Waals surface area contributed by atoms with Crippen LogP contribution >= 0.6 is 15.9 Å². The lowest BCUT2D eigenvalue weighted by atomic mass is 10.1. The molecule has 0 aromatic heterocycles. The molecule has 0 saturated carbocycles. The Balaban J connectivity index is 1.38. The molecule has 1 amide bonds. The Morgan fingerprint density at radius 2 is 1.61 bits per heavy atom. The van der Waals surface area contributed by atoms with Crippen LogP contribution in [0.4, 0.5) is 5.69 Å². The molecule has 1 fully saturated rings. The monoisotopic (exact) mass is 444 g/mol. The van der Waals surface area contributed by atoms with E-state index in [-0.39, 0.29) is 11.7 Å². The van der Waals surface area contributed by atoms with Gasteiger partial charge >= 0.3 is 0 Å². The number of Topliss-reactive ketones (excluding diaryl/α,β-unsaturated/α-hetero) is 1. The number of nitrogens with zero attached hydrogens (tertiary/aromatic N) is 2. The SMILES string of the molecule is CC(=O)c1ccc(N2CCN(C(=O)CCCOc3ccc(Br)cc3)CC2)cc1. The van der Waals surface area contributed by atoms with Crippen LogP contribution in [0, 0.1) is 0 Å². The molecular formula is C22H25BrN2O3. The topological polar surface area (TPSA) is 49.9 Å². The highest BCUT2D eigenvalue weighted by Crippen LogP contribution is 2.19. The third kappa shape index (κ3) is 5.58. The first-order valence-corrected chi connectivity index (χ1v) is 10.3. The summed E-state index contributed by atoms with van der Waals surface area (Å²) in [7, 11) is 0. The number of hydrogen-bond donors (Lipinski definition) is 0. The molecule has 148 valence electrons. The number of carbonyl (C=O) groups excluding carboxylic acids is 2. The number of carbonyl (C=O) groups is 2. The standard InChI is InChI=1S/C22H25BrN2O3/c1-17(26)18-4-8-20(9-5-18)24-12-14-25(15-13-24)22(27)3-2-16-28-21-10-6-19(23)7-11-21/h4-11H,2-3,12-16H2,1H3. The zero-order valence-electron chi connectivity index (χ0n) is 16.1. The molecule has 1 aliphatic rings. The summed E-state index contributed by atoms with van der Waals surface area (Å²) in [6.45, 7) is 5.17. The van der Waals surface area contributed by atoms with Crippen LogP contribution in [0.15, 0.2) is 53.0 Å². The Kier molecular flexibility index (Phi) is 7.09. The molecule has 0 aliphatic carbocycles. The second kappa shape index (κ2) is 9.73. The number of amides is 1. The average molecular weight is 445 g/mol. The van der Waals surface area contributed by atoms with Gasteiger partial charge in [0.15, 0.2) is 5.78 Å². The number of piperazine rings is 1. The fraction of sp³-hybridized carbons (Fsp3) is 0.364. The molecular weight excluding hydrogens is 420 g/mol. The third-order valence-corrected chi connectivity index (χ3v) is 5.42. The molecule has 6 heteroatoms. The average Bonchev–Trinajstić information content (AvgIpc) is 2.72. The first kappa shape index (κ1) is 20.4. The van der Waals surface area contributed by atoms with Crippen LogP contribution in [0.1, 0.15) is 30.1 Å². The minimum absolute atomic E-state index is 0.0751. The van der Waals surface area contributed by atoms with Gasteiger partial charge in [-0.15, -0.1) is 0 Å². The first-order chi connectivity index (χ1) is 13.5. The van der Waals surface area contributed by atoms with Crippen LogP contribution < -0.4 is 9.64 Å². The lowest BCUT2D eigenvalue weighted by molar-refractivity contribution is -0.131. The molecule has 5 nitrogen and oxygen atoms in total. The zero-order chi connectivity index (χ0) is 19.9. The summed E-state index contributed by atoms with van der Waals surface area (Å²) in [5.74, 6) is 1.08. The van der Waals surface area contributed by atoms with Gasteiger partial charge in [0.1, 0.15) is 5.75 Å². The Labute approximate surface area is 174 Å². The van der Waals surface area contributed by atoms with Gasteiger partial charge in [-0.3, -0.25) is 9.59 Å². The summed E-state index contributed by atoms with van der Waals surface area (Å²) >= 11 is 3.40. The van der Waals surface area contributed by atoms with E-state index in [1.807, 2.05) is 53.4 Å². The van der Waals surface area contributed by atoms with Crippen LogP contribution in [-0.2, 0) is 4.79 Å². The van der Waals surface area contributed by atoms with Gasteiger partial charge < -0.3 is 14.5 Å². The van der Waals surface area contributed by atoms with Gasteiger partial charge in [0, 0.05) is 48.3 Å². The second-order valence-corrected chi connectivity index (χ2v) is 7.79. The Morgan fingerprint density at radius 1 is 0.964 bits per heavy atom. The lowest BCUT2D eigenvalue weighted by Gasteiger charge is -2.36. The van der Waals surface area contributed by atoms with Crippen LogP contribution in [0.3, 0.4) is 0 Å². The molecule has 0 bridgehead atoms. The van der Waals surface area contributed by atoms with E-state index in [0.717, 1.165) is 47.7 Å². The molecule has 28 heavy (non-hydrogen) atoms. The van der Waals surface area contributed by atoms with Gasteiger partial charge in [0.25, 0.3) is 0 Å². The van der Waals surface area contributed by atoms with Gasteiger partial charge in [-0.1, -0.05) is 15.9 Å². The van der Waals surface area contributed by atoms with Gasteiger partial charge in [-0.2, -0.15) is 0 Å². The number of anilines is 1. The second-order valence-electron chi connectivity index (χ2n) is 6.88. The summed E-state index contributed by atoms with van der Waals surface area (Å²) in [6.07, 6.45) is 1.21. The molecule has 0 N–H and O–H groups in total. The number of rotatable bonds is 7. The van der Waals surface area contributed by atoms with E-state index in [0.29, 0.717) is 19.4 Å². The van der Waals surface area contributed by atoms with Crippen LogP contribution in [0.2, 0.25) is 0 Å². The fourth-order valence-electron chi connectivity index (χ4n) is 3.22. The molecule has 2 aromatic carbocycles. The van der Waals surface area contributed by atoms with Crippen molar-refractivity contribution in [2.24, 2.45) is 0 Å². The number of benzene rings is 2. The summed E-state index contributed by atoms with van der Waals surface area (Å²) in [6, 6.07) is 15.4. The molecule has 1 saturated heterocycles. The molecule has 0 spiro atoms. The highest BCUT2D eigenvalue weighted by Gasteiger charge is 2.21. The number of halogens is 1. The van der Waals surface area contributed by atoms with Crippen molar-refractivity contribution in [2.75, 3.05) is 37.7 Å². The third-order valence-electron chi connectivity index (χ3n) is 4.89. The summed E-state index contributed by atoms with van der Waals surface area (Å²) in [5.41, 5.74) is 1.82. The van der Waals surface area contributed by atoms with Gasteiger partial charge in [-0.05, 0) is 61.9 Å². The van der Waals surface area contributed by atoms with Crippen molar-refractivity contribution in [2.45, 2.75) is 19.8 Å². The predicted molar refractivity (Wildman–Crippen MR) is 114 cm³/mol. The van der Waals surface area contributed by atoms with E-state index in [1.54, 1.807) is 6.92 Å². The van der Waals surface area contributed by atoms with Crippen LogP contribution in [0.25, 0.3) is 0 Å². The van der Waals surface area contributed by atoms with E-state index in [9.17, 15) is 9.59 Å². The summed E-state index contributed by atoms with van der Waals surface area (Å²) < 4.78 is 6.69. The maximum absolute atomic E-state index is 12.4. The predicted octanol–water partition coefficient (Wildman–Crippen LogP) is 4.16. The van der Waals surface area contributed by atoms with Gasteiger partial charge in [0.2, 0.25) is 5.91 Å². The minimum atomic E-state index is 0.0751. The van der Waals surface area contributed by atoms with Gasteiger partial charge in [-0.25, -0.2) is 0 Å². The minimum Gasteiger partial charge on any atom is -0.494 e. The quantitative estimate of drug-likeness (QED) is 0.475. The van der Waals surface area contributed by atoms with Crippen molar-refractivity contribution in [3.63, 3.8) is 0 Å². The molecule has 3 rings (SSSR count). The van der Waals surface area contributed by atoms with Gasteiger partial charge in [0.05, 0.1) is 6.61 Å². The Bertz CT molecular complexity index is 798. The van der Waals surface area contributed by atoms with E-state index >= 15 is 0 Å². The highest BCUT2D eigenvalue weighted by molar-refractivity contribution is 9.10. The fourth-order valence-corrected chi connectivity index (χ4v) is 3.49. The Morgan fingerprint density at radius 3 is 2.21 bits per heavy atom. The molecule has 2 aromatic rings. The van der Waals surface area contributed by atoms with E-state index in [1.165, 1.54) is 0 Å². The number of hydrogen-bond acceptors (Lipinski definition) is 4. The smallest absolute Gasteiger partial charge is 0.222 e. The molecule has 0 atom stereocenters. The van der Waals surface area contributed by atoms with Crippen molar-refractivity contribution in [1.82, 2.24) is 4.90 Å². The largest absolute Gasteiger partial charge is 0.494 e. The van der Waals surface area contributed by atoms with Crippen LogP contribution in [-0.4, -0.2) is 49.4 Å². The van der Waals surface area contributed by atoms with Crippen molar-refractivity contribution >= 4 is 33.3 Å². The van der Waals surface area contributed by atoms with E-state index in [2.05, 4.69) is 20.8 Å². The van der Waals surface area contributed by atoms with Crippen molar-refractivity contribution in [3.8, 4) is 5.75 Å². The highest BCUT2D eigenvalue weighted by atomic mass is 79.9. The summed E-state index contributed by atoms with van der Waals surface area (Å²) in [4.78, 5) is 28.0. The summed E-state index contributed by atoms with van der Waals surface area (Å²) in [5, 5.41) is 0. The van der Waals surface area contributed by atoms with Crippen LogP contribution in [0.5, 0.6) is 5.75 Å². The normalized spacial score (nSPS) is 14.1. The Hall–Kier alpha value is -2.34. The molecule has 0 unspecified atom stereocenters. The van der Waals surface area contributed by atoms with Crippen molar-refractivity contribution in [1.29, 1.82) is 0 Å².